The molecule has 0 aliphatic heterocycles. The van der Waals surface area contributed by atoms with Gasteiger partial charge in [0.15, 0.2) is 0 Å². The van der Waals surface area contributed by atoms with E-state index in [9.17, 15) is 15.3 Å². The molecule has 0 radical (unpaired) electrons. The van der Waals surface area contributed by atoms with Crippen LogP contribution in [0.3, 0.4) is 0 Å². The molecule has 0 saturated heterocycles. The number of hydrogen-bond acceptors (Lipinski definition) is 3. The van der Waals surface area contributed by atoms with Gasteiger partial charge in [0, 0.05) is 5.41 Å². The molecule has 3 heteroatoms. The van der Waals surface area contributed by atoms with E-state index in [1.54, 1.807) is 0 Å². The van der Waals surface area contributed by atoms with E-state index in [4.69, 9.17) is 0 Å². The van der Waals surface area contributed by atoms with Crippen LogP contribution in [0.15, 0.2) is 23.3 Å². The van der Waals surface area contributed by atoms with Crippen LogP contribution in [0.2, 0.25) is 0 Å². The fourth-order valence-electron chi connectivity index (χ4n) is 5.99. The summed E-state index contributed by atoms with van der Waals surface area (Å²) in [6, 6.07) is 0. The molecular formula is C19H28O3. The Balaban J connectivity index is 1.82. The molecule has 4 aliphatic rings. The molecular weight excluding hydrogens is 276 g/mol. The van der Waals surface area contributed by atoms with Crippen LogP contribution in [0.1, 0.15) is 52.4 Å². The lowest BCUT2D eigenvalue weighted by atomic mass is 9.50. The minimum absolute atomic E-state index is 0.0513. The van der Waals surface area contributed by atoms with Crippen LogP contribution >= 0.6 is 0 Å². The summed E-state index contributed by atoms with van der Waals surface area (Å²) in [4.78, 5) is 0. The van der Waals surface area contributed by atoms with Gasteiger partial charge in [-0.05, 0) is 61.3 Å². The molecule has 4 rings (SSSR count). The minimum atomic E-state index is -0.387. The van der Waals surface area contributed by atoms with E-state index in [-0.39, 0.29) is 29.1 Å². The van der Waals surface area contributed by atoms with Crippen LogP contribution in [-0.2, 0) is 0 Å². The smallest absolute Gasteiger partial charge is 0.0758 e. The maximum atomic E-state index is 10.8. The standard InChI is InChI=1S/C19H28O3/c1-18-7-5-12(20)9-11(18)10-15(21)17-13-3-4-16(22)19(13,2)8-6-14(17)18/h5,7,11-12,14-16,20-22H,3-4,6,8-10H2,1-2H3/t11-,12-,14-,15-,16-,18-,19-/m0/s1. The molecule has 0 amide bonds. The highest BCUT2D eigenvalue weighted by Crippen LogP contribution is 2.62. The molecule has 0 bridgehead atoms. The monoisotopic (exact) mass is 304 g/mol. The summed E-state index contributed by atoms with van der Waals surface area (Å²) in [5.74, 6) is 0.728. The van der Waals surface area contributed by atoms with Gasteiger partial charge >= 0.3 is 0 Å². The molecule has 3 N–H and O–H groups in total. The number of aliphatic hydroxyl groups is 3. The molecule has 0 aromatic rings. The summed E-state index contributed by atoms with van der Waals surface area (Å²) in [5, 5.41) is 31.2. The van der Waals surface area contributed by atoms with Crippen molar-refractivity contribution in [2.45, 2.75) is 70.7 Å². The molecule has 2 fully saturated rings. The van der Waals surface area contributed by atoms with Crippen LogP contribution in [0.25, 0.3) is 0 Å². The van der Waals surface area contributed by atoms with Gasteiger partial charge in [0.25, 0.3) is 0 Å². The summed E-state index contributed by atoms with van der Waals surface area (Å²) in [7, 11) is 0. The van der Waals surface area contributed by atoms with Gasteiger partial charge in [-0.2, -0.15) is 0 Å². The highest BCUT2D eigenvalue weighted by molar-refractivity contribution is 5.38. The van der Waals surface area contributed by atoms with Crippen molar-refractivity contribution >= 4 is 0 Å². The van der Waals surface area contributed by atoms with Crippen molar-refractivity contribution in [3.63, 3.8) is 0 Å². The third-order valence-electron chi connectivity index (χ3n) is 7.47. The van der Waals surface area contributed by atoms with Crippen molar-refractivity contribution in [3.05, 3.63) is 23.3 Å². The number of allylic oxidation sites excluding steroid dienone is 1. The Labute approximate surface area is 132 Å². The minimum Gasteiger partial charge on any atom is -0.392 e. The Morgan fingerprint density at radius 2 is 1.86 bits per heavy atom. The van der Waals surface area contributed by atoms with Gasteiger partial charge in [-0.3, -0.25) is 0 Å². The van der Waals surface area contributed by atoms with Crippen molar-refractivity contribution in [2.75, 3.05) is 0 Å². The first-order chi connectivity index (χ1) is 10.4. The van der Waals surface area contributed by atoms with Gasteiger partial charge in [0.05, 0.1) is 18.3 Å². The third kappa shape index (κ3) is 1.79. The fourth-order valence-corrected chi connectivity index (χ4v) is 5.99. The average molecular weight is 304 g/mol. The zero-order valence-corrected chi connectivity index (χ0v) is 13.6. The SMILES string of the molecule is C[C@]12C=C[C@H](O)C[C@H]1C[C@H](O)C1=C3CC[C@H](O)[C@@]3(C)CC[C@@H]12. The summed E-state index contributed by atoms with van der Waals surface area (Å²) in [6.07, 6.45) is 8.52. The zero-order valence-electron chi connectivity index (χ0n) is 13.6. The van der Waals surface area contributed by atoms with Crippen LogP contribution in [0.4, 0.5) is 0 Å². The molecule has 7 atom stereocenters. The number of aliphatic hydroxyl groups excluding tert-OH is 3. The lowest BCUT2D eigenvalue weighted by Crippen LogP contribution is -2.50. The van der Waals surface area contributed by atoms with Crippen molar-refractivity contribution in [2.24, 2.45) is 22.7 Å². The van der Waals surface area contributed by atoms with Crippen molar-refractivity contribution in [1.29, 1.82) is 0 Å². The Hall–Kier alpha value is -0.640. The van der Waals surface area contributed by atoms with E-state index in [0.717, 1.165) is 38.5 Å². The quantitative estimate of drug-likeness (QED) is 0.603. The topological polar surface area (TPSA) is 60.7 Å². The second-order valence-corrected chi connectivity index (χ2v) is 8.47. The molecule has 4 aliphatic carbocycles. The Bertz CT molecular complexity index is 551. The Morgan fingerprint density at radius 3 is 2.64 bits per heavy atom. The second kappa shape index (κ2) is 4.68. The van der Waals surface area contributed by atoms with Crippen LogP contribution in [0, 0.1) is 22.7 Å². The fraction of sp³-hybridized carbons (Fsp3) is 0.789. The molecule has 0 heterocycles. The van der Waals surface area contributed by atoms with Gasteiger partial charge < -0.3 is 15.3 Å². The van der Waals surface area contributed by atoms with Crippen LogP contribution in [0.5, 0.6) is 0 Å². The molecule has 0 unspecified atom stereocenters. The number of fused-ring (bicyclic) bond motifs is 4. The molecule has 0 spiro atoms. The van der Waals surface area contributed by atoms with Crippen molar-refractivity contribution in [1.82, 2.24) is 0 Å². The maximum Gasteiger partial charge on any atom is 0.0758 e. The van der Waals surface area contributed by atoms with Crippen molar-refractivity contribution < 1.29 is 15.3 Å². The first kappa shape index (κ1) is 14.9. The van der Waals surface area contributed by atoms with E-state index in [1.807, 2.05) is 6.08 Å². The highest BCUT2D eigenvalue weighted by atomic mass is 16.3. The third-order valence-corrected chi connectivity index (χ3v) is 7.47. The molecule has 2 saturated carbocycles. The van der Waals surface area contributed by atoms with E-state index in [1.165, 1.54) is 11.1 Å². The normalized spacial score (nSPS) is 54.0. The van der Waals surface area contributed by atoms with Crippen LogP contribution in [-0.4, -0.2) is 33.6 Å². The number of hydrogen-bond donors (Lipinski definition) is 3. The maximum absolute atomic E-state index is 10.8. The van der Waals surface area contributed by atoms with Gasteiger partial charge in [-0.25, -0.2) is 0 Å². The molecule has 3 nitrogen and oxygen atoms in total. The first-order valence-corrected chi connectivity index (χ1v) is 8.83. The van der Waals surface area contributed by atoms with Gasteiger partial charge in [-0.15, -0.1) is 0 Å². The Kier molecular flexibility index (Phi) is 3.18. The summed E-state index contributed by atoms with van der Waals surface area (Å²) in [5.41, 5.74) is 2.52. The Morgan fingerprint density at radius 1 is 1.09 bits per heavy atom. The molecule has 22 heavy (non-hydrogen) atoms. The largest absolute Gasteiger partial charge is 0.392 e. The number of rotatable bonds is 0. The molecule has 0 aromatic heterocycles. The average Bonchev–Trinajstić information content (AvgIpc) is 2.77. The molecule has 122 valence electrons. The lowest BCUT2D eigenvalue weighted by molar-refractivity contribution is -0.0106. The van der Waals surface area contributed by atoms with E-state index in [2.05, 4.69) is 19.9 Å². The predicted molar refractivity (Wildman–Crippen MR) is 85.1 cm³/mol. The van der Waals surface area contributed by atoms with Gasteiger partial charge in [-0.1, -0.05) is 31.6 Å². The van der Waals surface area contributed by atoms with E-state index >= 15 is 0 Å². The second-order valence-electron chi connectivity index (χ2n) is 8.47. The van der Waals surface area contributed by atoms with E-state index in [0.29, 0.717) is 11.8 Å². The highest BCUT2D eigenvalue weighted by Gasteiger charge is 2.56. The zero-order chi connectivity index (χ0) is 15.7. The summed E-state index contributed by atoms with van der Waals surface area (Å²) >= 11 is 0. The summed E-state index contributed by atoms with van der Waals surface area (Å²) in [6.45, 7) is 4.50. The van der Waals surface area contributed by atoms with Crippen LogP contribution < -0.4 is 0 Å². The predicted octanol–water partition coefficient (Wildman–Crippen LogP) is 2.56. The first-order valence-electron chi connectivity index (χ1n) is 8.83. The lowest BCUT2D eigenvalue weighted by Gasteiger charge is -2.55. The van der Waals surface area contributed by atoms with Gasteiger partial charge in [0.1, 0.15) is 0 Å². The van der Waals surface area contributed by atoms with Gasteiger partial charge in [0.2, 0.25) is 0 Å². The summed E-state index contributed by atoms with van der Waals surface area (Å²) < 4.78 is 0. The van der Waals surface area contributed by atoms with E-state index < -0.39 is 0 Å². The van der Waals surface area contributed by atoms with Crippen molar-refractivity contribution in [3.8, 4) is 0 Å². The molecule has 0 aromatic carbocycles.